The lowest BCUT2D eigenvalue weighted by molar-refractivity contribution is -0.385. The predicted molar refractivity (Wildman–Crippen MR) is 70.2 cm³/mol. The zero-order chi connectivity index (χ0) is 14.4. The molecule has 104 valence electrons. The van der Waals surface area contributed by atoms with Gasteiger partial charge in [0.05, 0.1) is 12.0 Å². The Hall–Kier alpha value is -2.15. The van der Waals surface area contributed by atoms with E-state index in [2.05, 4.69) is 5.32 Å². The first-order valence-corrected chi connectivity index (χ1v) is 5.86. The van der Waals surface area contributed by atoms with Crippen LogP contribution in [0.5, 0.6) is 5.75 Å². The number of hydrogen-bond acceptors (Lipinski definition) is 5. The number of benzene rings is 1. The Morgan fingerprint density at radius 1 is 1.58 bits per heavy atom. The second-order valence-corrected chi connectivity index (χ2v) is 3.96. The van der Waals surface area contributed by atoms with Gasteiger partial charge in [0.15, 0.2) is 5.75 Å². The average molecular weight is 267 g/mol. The Kier molecular flexibility index (Phi) is 5.25. The van der Waals surface area contributed by atoms with Crippen molar-refractivity contribution in [1.29, 1.82) is 0 Å². The molecule has 1 rings (SSSR count). The molecule has 7 heteroatoms. The molecule has 0 heterocycles. The number of hydrogen-bond donors (Lipinski definition) is 2. The van der Waals surface area contributed by atoms with E-state index in [-0.39, 0.29) is 23.4 Å². The Morgan fingerprint density at radius 2 is 2.26 bits per heavy atom. The highest BCUT2D eigenvalue weighted by Crippen LogP contribution is 2.27. The van der Waals surface area contributed by atoms with Crippen LogP contribution in [0.1, 0.15) is 23.7 Å². The van der Waals surface area contributed by atoms with E-state index in [1.807, 2.05) is 6.92 Å². The van der Waals surface area contributed by atoms with Gasteiger partial charge in [0.1, 0.15) is 0 Å². The molecule has 1 unspecified atom stereocenters. The number of nitrogens with one attached hydrogen (secondary N) is 1. The van der Waals surface area contributed by atoms with Crippen LogP contribution >= 0.6 is 0 Å². The Balaban J connectivity index is 2.96. The molecular weight excluding hydrogens is 250 g/mol. The molecule has 0 aromatic heterocycles. The van der Waals surface area contributed by atoms with Crippen molar-refractivity contribution in [2.45, 2.75) is 19.4 Å². The topological polar surface area (TPSA) is 107 Å². The maximum absolute atomic E-state index is 11.9. The third-order valence-electron chi connectivity index (χ3n) is 2.75. The van der Waals surface area contributed by atoms with Crippen LogP contribution < -0.4 is 15.8 Å². The normalized spacial score (nSPS) is 11.7. The summed E-state index contributed by atoms with van der Waals surface area (Å²) in [5.41, 5.74) is 5.63. The van der Waals surface area contributed by atoms with Crippen molar-refractivity contribution in [3.63, 3.8) is 0 Å². The number of nitro benzene ring substituents is 1. The molecule has 7 nitrogen and oxygen atoms in total. The fraction of sp³-hybridized carbons (Fsp3) is 0.417. The molecule has 0 spiro atoms. The molecule has 0 aliphatic rings. The van der Waals surface area contributed by atoms with Crippen LogP contribution in [-0.4, -0.2) is 30.5 Å². The monoisotopic (exact) mass is 267 g/mol. The fourth-order valence-corrected chi connectivity index (χ4v) is 1.57. The standard InChI is InChI=1S/C12H17N3O4/c1-3-9(7-13)14-12(16)8-4-5-10(15(17)18)11(6-8)19-2/h4-6,9H,3,7,13H2,1-2H3,(H,14,16). The van der Waals surface area contributed by atoms with Crippen molar-refractivity contribution in [2.75, 3.05) is 13.7 Å². The summed E-state index contributed by atoms with van der Waals surface area (Å²) in [6.45, 7) is 2.25. The number of nitrogens with two attached hydrogens (primary N) is 1. The van der Waals surface area contributed by atoms with Crippen molar-refractivity contribution in [3.8, 4) is 5.75 Å². The van der Waals surface area contributed by atoms with E-state index in [9.17, 15) is 14.9 Å². The smallest absolute Gasteiger partial charge is 0.310 e. The summed E-state index contributed by atoms with van der Waals surface area (Å²) in [6, 6.07) is 3.86. The van der Waals surface area contributed by atoms with Gasteiger partial charge in [-0.1, -0.05) is 6.92 Å². The van der Waals surface area contributed by atoms with Crippen molar-refractivity contribution in [3.05, 3.63) is 33.9 Å². The third kappa shape index (κ3) is 3.65. The lowest BCUT2D eigenvalue weighted by atomic mass is 10.1. The quantitative estimate of drug-likeness (QED) is 0.592. The van der Waals surface area contributed by atoms with E-state index in [4.69, 9.17) is 10.5 Å². The van der Waals surface area contributed by atoms with Gasteiger partial charge in [-0.25, -0.2) is 0 Å². The minimum absolute atomic E-state index is 0.0541. The van der Waals surface area contributed by atoms with Gasteiger partial charge in [-0.05, 0) is 12.5 Å². The number of carbonyl (C=O) groups is 1. The summed E-state index contributed by atoms with van der Waals surface area (Å²) in [5.74, 6) is -0.274. The molecule has 1 aromatic rings. The largest absolute Gasteiger partial charge is 0.490 e. The molecule has 1 atom stereocenters. The summed E-state index contributed by atoms with van der Waals surface area (Å²) >= 11 is 0. The van der Waals surface area contributed by atoms with Crippen LogP contribution in [0.3, 0.4) is 0 Å². The van der Waals surface area contributed by atoms with Gasteiger partial charge in [0.2, 0.25) is 0 Å². The van der Waals surface area contributed by atoms with E-state index >= 15 is 0 Å². The molecule has 1 aromatic carbocycles. The first-order valence-electron chi connectivity index (χ1n) is 5.86. The maximum atomic E-state index is 11.9. The van der Waals surface area contributed by atoms with Crippen molar-refractivity contribution in [2.24, 2.45) is 5.73 Å². The number of nitro groups is 1. The Bertz CT molecular complexity index is 472. The summed E-state index contributed by atoms with van der Waals surface area (Å²) in [6.07, 6.45) is 0.715. The maximum Gasteiger partial charge on any atom is 0.310 e. The van der Waals surface area contributed by atoms with Crippen molar-refractivity contribution in [1.82, 2.24) is 5.32 Å². The summed E-state index contributed by atoms with van der Waals surface area (Å²) in [7, 11) is 1.32. The second-order valence-electron chi connectivity index (χ2n) is 3.96. The molecule has 0 saturated carbocycles. The highest BCUT2D eigenvalue weighted by Gasteiger charge is 2.18. The van der Waals surface area contributed by atoms with Gasteiger partial charge in [0.25, 0.3) is 5.91 Å². The molecule has 0 saturated heterocycles. The number of rotatable bonds is 6. The Morgan fingerprint density at radius 3 is 2.74 bits per heavy atom. The summed E-state index contributed by atoms with van der Waals surface area (Å²) in [5, 5.41) is 13.5. The van der Waals surface area contributed by atoms with E-state index in [1.165, 1.54) is 25.3 Å². The zero-order valence-electron chi connectivity index (χ0n) is 10.9. The van der Waals surface area contributed by atoms with Gasteiger partial charge >= 0.3 is 5.69 Å². The van der Waals surface area contributed by atoms with E-state index in [0.717, 1.165) is 0 Å². The predicted octanol–water partition coefficient (Wildman–Crippen LogP) is 1.07. The fourth-order valence-electron chi connectivity index (χ4n) is 1.57. The summed E-state index contributed by atoms with van der Waals surface area (Å²) < 4.78 is 4.91. The molecule has 0 aliphatic heterocycles. The van der Waals surface area contributed by atoms with Gasteiger partial charge in [-0.15, -0.1) is 0 Å². The Labute approximate surface area is 110 Å². The highest BCUT2D eigenvalue weighted by molar-refractivity contribution is 5.95. The van der Waals surface area contributed by atoms with Crippen molar-refractivity contribution >= 4 is 11.6 Å². The lowest BCUT2D eigenvalue weighted by Crippen LogP contribution is -2.39. The van der Waals surface area contributed by atoms with Crippen LogP contribution in [0.2, 0.25) is 0 Å². The highest BCUT2D eigenvalue weighted by atomic mass is 16.6. The zero-order valence-corrected chi connectivity index (χ0v) is 10.9. The van der Waals surface area contributed by atoms with E-state index in [1.54, 1.807) is 0 Å². The molecule has 0 bridgehead atoms. The van der Waals surface area contributed by atoms with Gasteiger partial charge in [0, 0.05) is 30.3 Å². The number of methoxy groups -OCH3 is 1. The molecule has 1 amide bonds. The molecular formula is C12H17N3O4. The van der Waals surface area contributed by atoms with Gasteiger partial charge in [-0.3, -0.25) is 14.9 Å². The SMILES string of the molecule is CCC(CN)NC(=O)c1ccc([N+](=O)[O-])c(OC)c1. The van der Waals surface area contributed by atoms with Crippen LogP contribution in [0.4, 0.5) is 5.69 Å². The van der Waals surface area contributed by atoms with Crippen LogP contribution in [0.15, 0.2) is 18.2 Å². The average Bonchev–Trinajstić information content (AvgIpc) is 2.43. The van der Waals surface area contributed by atoms with Gasteiger partial charge in [-0.2, -0.15) is 0 Å². The second kappa shape index (κ2) is 6.69. The number of amides is 1. The number of carbonyl (C=O) groups excluding carboxylic acids is 1. The first kappa shape index (κ1) is 14.9. The van der Waals surface area contributed by atoms with Crippen molar-refractivity contribution < 1.29 is 14.5 Å². The van der Waals surface area contributed by atoms with Crippen LogP contribution in [0.25, 0.3) is 0 Å². The molecule has 0 radical (unpaired) electrons. The molecule has 0 aliphatic carbocycles. The van der Waals surface area contributed by atoms with Crippen LogP contribution in [0, 0.1) is 10.1 Å². The van der Waals surface area contributed by atoms with Gasteiger partial charge < -0.3 is 15.8 Å². The minimum atomic E-state index is -0.560. The number of nitrogens with zero attached hydrogens (tertiary/aromatic N) is 1. The number of ether oxygens (including phenoxy) is 1. The minimum Gasteiger partial charge on any atom is -0.490 e. The first-order chi connectivity index (χ1) is 9.03. The molecule has 3 N–H and O–H groups in total. The third-order valence-corrected chi connectivity index (χ3v) is 2.75. The van der Waals surface area contributed by atoms with Crippen LogP contribution in [-0.2, 0) is 0 Å². The molecule has 0 fully saturated rings. The van der Waals surface area contributed by atoms with E-state index < -0.39 is 4.92 Å². The lowest BCUT2D eigenvalue weighted by Gasteiger charge is -2.14. The van der Waals surface area contributed by atoms with E-state index in [0.29, 0.717) is 18.5 Å². The summed E-state index contributed by atoms with van der Waals surface area (Å²) in [4.78, 5) is 22.1. The molecule has 19 heavy (non-hydrogen) atoms.